The molecule has 0 radical (unpaired) electrons. The van der Waals surface area contributed by atoms with Crippen molar-refractivity contribution >= 4 is 21.6 Å². The second kappa shape index (κ2) is 10.5. The van der Waals surface area contributed by atoms with E-state index in [0.29, 0.717) is 24.3 Å². The number of nitrogens with zero attached hydrogens (tertiary/aromatic N) is 3. The Labute approximate surface area is 192 Å². The lowest BCUT2D eigenvalue weighted by molar-refractivity contribution is 0.0939. The lowest BCUT2D eigenvalue weighted by Gasteiger charge is -2.35. The molecule has 3 rings (SSSR count). The molecule has 1 N–H and O–H groups in total. The van der Waals surface area contributed by atoms with Crippen molar-refractivity contribution in [2.75, 3.05) is 51.2 Å². The maximum atomic E-state index is 13.5. The first-order valence-corrected chi connectivity index (χ1v) is 12.7. The van der Waals surface area contributed by atoms with Crippen molar-refractivity contribution in [2.45, 2.75) is 31.7 Å². The molecule has 0 saturated carbocycles. The number of amides is 1. The van der Waals surface area contributed by atoms with E-state index < -0.39 is 10.0 Å². The minimum atomic E-state index is -3.73. The van der Waals surface area contributed by atoms with Crippen LogP contribution in [-0.2, 0) is 10.0 Å². The number of carbonyl (C=O) groups is 1. The van der Waals surface area contributed by atoms with Crippen molar-refractivity contribution in [3.63, 3.8) is 0 Å². The largest absolute Gasteiger partial charge is 0.368 e. The highest BCUT2D eigenvalue weighted by molar-refractivity contribution is 7.89. The van der Waals surface area contributed by atoms with E-state index in [4.69, 9.17) is 0 Å². The fourth-order valence-electron chi connectivity index (χ4n) is 3.98. The third kappa shape index (κ3) is 5.31. The molecule has 2 aromatic carbocycles. The molecular weight excluding hydrogens is 424 g/mol. The molecule has 2 aromatic rings. The number of hydrogen-bond acceptors (Lipinski definition) is 5. The van der Waals surface area contributed by atoms with Gasteiger partial charge in [-0.1, -0.05) is 44.2 Å². The van der Waals surface area contributed by atoms with Crippen LogP contribution in [0.2, 0.25) is 0 Å². The van der Waals surface area contributed by atoms with Gasteiger partial charge in [-0.2, -0.15) is 4.31 Å². The maximum Gasteiger partial charge on any atom is 0.251 e. The molecule has 1 aliphatic rings. The monoisotopic (exact) mass is 458 g/mol. The number of rotatable bonds is 8. The minimum absolute atomic E-state index is 0.191. The quantitative estimate of drug-likeness (QED) is 0.659. The summed E-state index contributed by atoms with van der Waals surface area (Å²) in [5.41, 5.74) is 2.00. The van der Waals surface area contributed by atoms with Crippen LogP contribution in [-0.4, -0.2) is 69.8 Å². The highest BCUT2D eigenvalue weighted by atomic mass is 32.2. The lowest BCUT2D eigenvalue weighted by Crippen LogP contribution is -2.45. The Kier molecular flexibility index (Phi) is 7.92. The summed E-state index contributed by atoms with van der Waals surface area (Å²) in [6, 6.07) is 14.5. The van der Waals surface area contributed by atoms with Gasteiger partial charge in [0, 0.05) is 44.8 Å². The van der Waals surface area contributed by atoms with Gasteiger partial charge in [0.25, 0.3) is 5.91 Å². The van der Waals surface area contributed by atoms with Gasteiger partial charge in [-0.25, -0.2) is 8.42 Å². The molecule has 1 amide bonds. The zero-order valence-corrected chi connectivity index (χ0v) is 20.2. The van der Waals surface area contributed by atoms with Gasteiger partial charge >= 0.3 is 0 Å². The van der Waals surface area contributed by atoms with E-state index in [9.17, 15) is 13.2 Å². The molecule has 1 fully saturated rings. The molecule has 1 aliphatic heterocycles. The van der Waals surface area contributed by atoms with Crippen LogP contribution < -0.4 is 10.2 Å². The third-order valence-corrected chi connectivity index (χ3v) is 8.12. The number of hydrogen-bond donors (Lipinski definition) is 1. The van der Waals surface area contributed by atoms with Crippen LogP contribution in [0.25, 0.3) is 0 Å². The molecule has 174 valence electrons. The van der Waals surface area contributed by atoms with Crippen molar-refractivity contribution in [3.05, 3.63) is 59.7 Å². The Morgan fingerprint density at radius 3 is 2.25 bits per heavy atom. The standard InChI is InChI=1S/C24H34N4O3S/c1-5-28(6-2)32(30,31)23-18-21(12-13-22(23)27-16-14-26(4)15-17-27)24(29)25-19(3)20-10-8-7-9-11-20/h7-13,18-19H,5-6,14-17H2,1-4H3,(H,25,29)/t19-/m1/s1. The van der Waals surface area contributed by atoms with E-state index in [-0.39, 0.29) is 16.8 Å². The zero-order valence-electron chi connectivity index (χ0n) is 19.4. The number of carbonyl (C=O) groups excluding carboxylic acids is 1. The fraction of sp³-hybridized carbons (Fsp3) is 0.458. The summed E-state index contributed by atoms with van der Waals surface area (Å²) in [4.78, 5) is 17.5. The first-order valence-electron chi connectivity index (χ1n) is 11.2. The van der Waals surface area contributed by atoms with Gasteiger partial charge in [-0.3, -0.25) is 4.79 Å². The predicted octanol–water partition coefficient (Wildman–Crippen LogP) is 2.96. The number of benzene rings is 2. The minimum Gasteiger partial charge on any atom is -0.368 e. The molecule has 1 heterocycles. The lowest BCUT2D eigenvalue weighted by atomic mass is 10.1. The Morgan fingerprint density at radius 2 is 1.66 bits per heavy atom. The average Bonchev–Trinajstić information content (AvgIpc) is 2.80. The van der Waals surface area contributed by atoms with E-state index >= 15 is 0 Å². The smallest absolute Gasteiger partial charge is 0.251 e. The van der Waals surface area contributed by atoms with Crippen LogP contribution in [0.5, 0.6) is 0 Å². The summed E-state index contributed by atoms with van der Waals surface area (Å²) in [5.74, 6) is -0.290. The predicted molar refractivity (Wildman–Crippen MR) is 129 cm³/mol. The molecule has 7 nitrogen and oxygen atoms in total. The van der Waals surface area contributed by atoms with Crippen LogP contribution >= 0.6 is 0 Å². The van der Waals surface area contributed by atoms with Gasteiger partial charge in [-0.05, 0) is 37.7 Å². The normalized spacial score (nSPS) is 16.2. The van der Waals surface area contributed by atoms with E-state index in [1.54, 1.807) is 12.1 Å². The van der Waals surface area contributed by atoms with Crippen molar-refractivity contribution < 1.29 is 13.2 Å². The molecule has 8 heteroatoms. The first-order chi connectivity index (χ1) is 15.3. The third-order valence-electron chi connectivity index (χ3n) is 6.04. The Bertz CT molecular complexity index is 1010. The summed E-state index contributed by atoms with van der Waals surface area (Å²) in [6.45, 7) is 9.54. The average molecular weight is 459 g/mol. The summed E-state index contributed by atoms with van der Waals surface area (Å²) < 4.78 is 28.4. The van der Waals surface area contributed by atoms with Gasteiger partial charge in [0.05, 0.1) is 11.7 Å². The number of sulfonamides is 1. The topological polar surface area (TPSA) is 73.0 Å². The van der Waals surface area contributed by atoms with Crippen LogP contribution in [0.15, 0.2) is 53.4 Å². The van der Waals surface area contributed by atoms with E-state index in [2.05, 4.69) is 22.2 Å². The molecule has 0 unspecified atom stereocenters. The van der Waals surface area contributed by atoms with Crippen LogP contribution in [0.4, 0.5) is 5.69 Å². The van der Waals surface area contributed by atoms with Crippen molar-refractivity contribution in [2.24, 2.45) is 0 Å². The Balaban J connectivity index is 1.96. The molecule has 0 aromatic heterocycles. The second-order valence-corrected chi connectivity index (χ2v) is 10.1. The molecule has 0 aliphatic carbocycles. The highest BCUT2D eigenvalue weighted by Gasteiger charge is 2.29. The van der Waals surface area contributed by atoms with Gasteiger partial charge in [0.1, 0.15) is 4.90 Å². The molecular formula is C24H34N4O3S. The molecule has 1 saturated heterocycles. The number of likely N-dealkylation sites (N-methyl/N-ethyl adjacent to an activating group) is 1. The van der Waals surface area contributed by atoms with Gasteiger partial charge < -0.3 is 15.1 Å². The SMILES string of the molecule is CCN(CC)S(=O)(=O)c1cc(C(=O)N[C@H](C)c2ccccc2)ccc1N1CCN(C)CC1. The second-order valence-electron chi connectivity index (χ2n) is 8.17. The van der Waals surface area contributed by atoms with Crippen LogP contribution in [0.3, 0.4) is 0 Å². The summed E-state index contributed by atoms with van der Waals surface area (Å²) in [5, 5.41) is 2.99. The highest BCUT2D eigenvalue weighted by Crippen LogP contribution is 2.30. The Morgan fingerprint density at radius 1 is 1.03 bits per heavy atom. The molecule has 1 atom stereocenters. The van der Waals surface area contributed by atoms with Gasteiger partial charge in [0.15, 0.2) is 0 Å². The van der Waals surface area contributed by atoms with E-state index in [1.165, 1.54) is 10.4 Å². The number of piperazine rings is 1. The summed E-state index contributed by atoms with van der Waals surface area (Å²) in [6.07, 6.45) is 0. The summed E-state index contributed by atoms with van der Waals surface area (Å²) in [7, 11) is -1.67. The van der Waals surface area contributed by atoms with Gasteiger partial charge in [0.2, 0.25) is 10.0 Å². The Hall–Kier alpha value is -2.42. The zero-order chi connectivity index (χ0) is 23.3. The fourth-order valence-corrected chi connectivity index (χ4v) is 5.67. The van der Waals surface area contributed by atoms with Crippen molar-refractivity contribution in [3.8, 4) is 0 Å². The van der Waals surface area contributed by atoms with Crippen molar-refractivity contribution in [1.82, 2.24) is 14.5 Å². The number of anilines is 1. The van der Waals surface area contributed by atoms with Crippen LogP contribution in [0, 0.1) is 0 Å². The molecule has 0 spiro atoms. The van der Waals surface area contributed by atoms with E-state index in [1.807, 2.05) is 51.1 Å². The van der Waals surface area contributed by atoms with E-state index in [0.717, 1.165) is 31.7 Å². The first kappa shape index (κ1) is 24.2. The molecule has 0 bridgehead atoms. The molecule has 32 heavy (non-hydrogen) atoms. The summed E-state index contributed by atoms with van der Waals surface area (Å²) >= 11 is 0. The van der Waals surface area contributed by atoms with Crippen LogP contribution in [0.1, 0.15) is 42.7 Å². The van der Waals surface area contributed by atoms with Gasteiger partial charge in [-0.15, -0.1) is 0 Å². The van der Waals surface area contributed by atoms with Crippen molar-refractivity contribution in [1.29, 1.82) is 0 Å². The number of nitrogens with one attached hydrogen (secondary N) is 1. The maximum absolute atomic E-state index is 13.5.